The third kappa shape index (κ3) is 4.15. The molecule has 1 atom stereocenters. The zero-order valence-corrected chi connectivity index (χ0v) is 12.4. The van der Waals surface area contributed by atoms with Crippen molar-refractivity contribution in [3.8, 4) is 5.88 Å². The molecule has 1 aliphatic rings. The number of ether oxygens (including phenoxy) is 2. The molecule has 1 aromatic rings. The minimum absolute atomic E-state index is 0.0564. The van der Waals surface area contributed by atoms with Gasteiger partial charge in [-0.25, -0.2) is 4.98 Å². The molecule has 0 radical (unpaired) electrons. The summed E-state index contributed by atoms with van der Waals surface area (Å²) in [6.45, 7) is 0.396. The summed E-state index contributed by atoms with van der Waals surface area (Å²) >= 11 is 0. The van der Waals surface area contributed by atoms with Crippen molar-refractivity contribution in [1.29, 1.82) is 0 Å². The van der Waals surface area contributed by atoms with Crippen LogP contribution in [-0.4, -0.2) is 42.9 Å². The first-order valence-corrected chi connectivity index (χ1v) is 7.10. The first-order chi connectivity index (χ1) is 10.1. The Morgan fingerprint density at radius 2 is 2.24 bits per heavy atom. The van der Waals surface area contributed by atoms with Crippen LogP contribution in [-0.2, 0) is 9.53 Å². The number of carbonyl (C=O) groups is 1. The zero-order valence-electron chi connectivity index (χ0n) is 12.4. The Kier molecular flexibility index (Phi) is 5.52. The minimum Gasteiger partial charge on any atom is -0.481 e. The van der Waals surface area contributed by atoms with Crippen LogP contribution in [0, 0.1) is 5.92 Å². The number of carbonyl (C=O) groups excluding carboxylic acids is 1. The lowest BCUT2D eigenvalue weighted by Crippen LogP contribution is -2.41. The highest BCUT2D eigenvalue weighted by Gasteiger charge is 2.35. The standard InChI is InChI=1S/C15H22N2O4/c1-20-6-5-13(19)17-15(11-7-12(18)8-11)10-3-4-14(21-2)16-9-10/h3-4,9,11-12,15,18H,5-8H2,1-2H3,(H,17,19). The summed E-state index contributed by atoms with van der Waals surface area (Å²) in [4.78, 5) is 16.1. The molecule has 0 spiro atoms. The molecule has 0 bridgehead atoms. The molecule has 6 nitrogen and oxygen atoms in total. The lowest BCUT2D eigenvalue weighted by atomic mass is 9.75. The molecule has 1 saturated carbocycles. The van der Waals surface area contributed by atoms with E-state index < -0.39 is 0 Å². The Morgan fingerprint density at radius 1 is 1.48 bits per heavy atom. The lowest BCUT2D eigenvalue weighted by molar-refractivity contribution is -0.123. The third-order valence-electron chi connectivity index (χ3n) is 3.80. The first kappa shape index (κ1) is 15.7. The van der Waals surface area contributed by atoms with E-state index in [0.717, 1.165) is 5.56 Å². The van der Waals surface area contributed by atoms with Crippen LogP contribution in [0.25, 0.3) is 0 Å². The van der Waals surface area contributed by atoms with Crippen LogP contribution in [0.1, 0.15) is 30.9 Å². The number of amides is 1. The highest BCUT2D eigenvalue weighted by Crippen LogP contribution is 2.38. The molecular weight excluding hydrogens is 272 g/mol. The molecule has 0 aromatic carbocycles. The maximum Gasteiger partial charge on any atom is 0.222 e. The molecule has 1 fully saturated rings. The monoisotopic (exact) mass is 294 g/mol. The predicted molar refractivity (Wildman–Crippen MR) is 76.9 cm³/mol. The van der Waals surface area contributed by atoms with E-state index in [1.807, 2.05) is 6.07 Å². The van der Waals surface area contributed by atoms with Gasteiger partial charge in [0.15, 0.2) is 0 Å². The van der Waals surface area contributed by atoms with Crippen LogP contribution in [0.3, 0.4) is 0 Å². The number of hydrogen-bond acceptors (Lipinski definition) is 5. The number of aromatic nitrogens is 1. The van der Waals surface area contributed by atoms with E-state index in [0.29, 0.717) is 31.7 Å². The Morgan fingerprint density at radius 3 is 2.76 bits per heavy atom. The van der Waals surface area contributed by atoms with Crippen molar-refractivity contribution in [2.24, 2.45) is 5.92 Å². The molecular formula is C15H22N2O4. The van der Waals surface area contributed by atoms with E-state index in [9.17, 15) is 9.90 Å². The molecule has 1 amide bonds. The quantitative estimate of drug-likeness (QED) is 0.786. The van der Waals surface area contributed by atoms with E-state index in [-0.39, 0.29) is 24.0 Å². The van der Waals surface area contributed by atoms with Crippen molar-refractivity contribution in [3.05, 3.63) is 23.9 Å². The topological polar surface area (TPSA) is 80.7 Å². The number of pyridine rings is 1. The fraction of sp³-hybridized carbons (Fsp3) is 0.600. The minimum atomic E-state index is -0.264. The Hall–Kier alpha value is -1.66. The molecule has 1 aromatic heterocycles. The van der Waals surface area contributed by atoms with E-state index in [4.69, 9.17) is 9.47 Å². The van der Waals surface area contributed by atoms with Crippen LogP contribution >= 0.6 is 0 Å². The highest BCUT2D eigenvalue weighted by molar-refractivity contribution is 5.76. The molecule has 1 aliphatic carbocycles. The molecule has 1 heterocycles. The van der Waals surface area contributed by atoms with Crippen molar-refractivity contribution >= 4 is 5.91 Å². The summed E-state index contributed by atoms with van der Waals surface area (Å²) in [6.07, 6.45) is 3.17. The van der Waals surface area contributed by atoms with Gasteiger partial charge in [0, 0.05) is 25.8 Å². The van der Waals surface area contributed by atoms with Crippen LogP contribution < -0.4 is 10.1 Å². The van der Waals surface area contributed by atoms with Gasteiger partial charge in [0.25, 0.3) is 0 Å². The van der Waals surface area contributed by atoms with Gasteiger partial charge in [-0.3, -0.25) is 4.79 Å². The number of methoxy groups -OCH3 is 2. The van der Waals surface area contributed by atoms with E-state index in [1.54, 1.807) is 26.5 Å². The van der Waals surface area contributed by atoms with Crippen molar-refractivity contribution in [2.75, 3.05) is 20.8 Å². The Labute approximate surface area is 124 Å². The third-order valence-corrected chi connectivity index (χ3v) is 3.80. The molecule has 0 aliphatic heterocycles. The van der Waals surface area contributed by atoms with Crippen LogP contribution in [0.2, 0.25) is 0 Å². The maximum atomic E-state index is 11.9. The fourth-order valence-electron chi connectivity index (χ4n) is 2.51. The second kappa shape index (κ2) is 7.38. The van der Waals surface area contributed by atoms with Crippen LogP contribution in [0.4, 0.5) is 0 Å². The van der Waals surface area contributed by atoms with Gasteiger partial charge in [-0.05, 0) is 24.3 Å². The van der Waals surface area contributed by atoms with Gasteiger partial charge in [-0.2, -0.15) is 0 Å². The molecule has 6 heteroatoms. The highest BCUT2D eigenvalue weighted by atomic mass is 16.5. The van der Waals surface area contributed by atoms with Gasteiger partial charge in [-0.1, -0.05) is 6.07 Å². The summed E-state index contributed by atoms with van der Waals surface area (Å²) < 4.78 is 9.96. The van der Waals surface area contributed by atoms with Gasteiger partial charge in [-0.15, -0.1) is 0 Å². The zero-order chi connectivity index (χ0) is 15.2. The molecule has 2 rings (SSSR count). The van der Waals surface area contributed by atoms with Crippen molar-refractivity contribution in [3.63, 3.8) is 0 Å². The van der Waals surface area contributed by atoms with Crippen LogP contribution in [0.15, 0.2) is 18.3 Å². The van der Waals surface area contributed by atoms with E-state index in [1.165, 1.54) is 0 Å². The summed E-state index contributed by atoms with van der Waals surface area (Å²) in [5.41, 5.74) is 0.929. The largest absolute Gasteiger partial charge is 0.481 e. The Balaban J connectivity index is 2.05. The fourth-order valence-corrected chi connectivity index (χ4v) is 2.51. The normalized spacial score (nSPS) is 22.2. The number of nitrogens with zero attached hydrogens (tertiary/aromatic N) is 1. The second-order valence-electron chi connectivity index (χ2n) is 5.31. The summed E-state index contributed by atoms with van der Waals surface area (Å²) in [5, 5.41) is 12.5. The maximum absolute atomic E-state index is 11.9. The first-order valence-electron chi connectivity index (χ1n) is 7.10. The number of aliphatic hydroxyl groups excluding tert-OH is 1. The van der Waals surface area contributed by atoms with Crippen LogP contribution in [0.5, 0.6) is 5.88 Å². The second-order valence-corrected chi connectivity index (χ2v) is 5.31. The molecule has 21 heavy (non-hydrogen) atoms. The van der Waals surface area contributed by atoms with Crippen molar-refractivity contribution < 1.29 is 19.4 Å². The summed E-state index contributed by atoms with van der Waals surface area (Å²) in [6, 6.07) is 3.55. The van der Waals surface area contributed by atoms with E-state index >= 15 is 0 Å². The van der Waals surface area contributed by atoms with Crippen molar-refractivity contribution in [2.45, 2.75) is 31.4 Å². The van der Waals surface area contributed by atoms with E-state index in [2.05, 4.69) is 10.3 Å². The summed E-state index contributed by atoms with van der Waals surface area (Å²) in [5.74, 6) is 0.720. The SMILES string of the molecule is COCCC(=O)NC(c1ccc(OC)nc1)C1CC(O)C1. The van der Waals surface area contributed by atoms with Gasteiger partial charge < -0.3 is 19.9 Å². The molecule has 0 saturated heterocycles. The lowest BCUT2D eigenvalue weighted by Gasteiger charge is -2.38. The molecule has 1 unspecified atom stereocenters. The average molecular weight is 294 g/mol. The number of hydrogen-bond donors (Lipinski definition) is 2. The predicted octanol–water partition coefficient (Wildman–Crippen LogP) is 1.05. The number of rotatable bonds is 7. The van der Waals surface area contributed by atoms with Gasteiger partial charge in [0.2, 0.25) is 11.8 Å². The smallest absolute Gasteiger partial charge is 0.222 e. The van der Waals surface area contributed by atoms with Crippen molar-refractivity contribution in [1.82, 2.24) is 10.3 Å². The molecule has 2 N–H and O–H groups in total. The van der Waals surface area contributed by atoms with Gasteiger partial charge >= 0.3 is 0 Å². The number of nitrogens with one attached hydrogen (secondary N) is 1. The average Bonchev–Trinajstić information content (AvgIpc) is 2.48. The summed E-state index contributed by atoms with van der Waals surface area (Å²) in [7, 11) is 3.13. The Bertz CT molecular complexity index is 457. The molecule has 116 valence electrons. The number of aliphatic hydroxyl groups is 1. The van der Waals surface area contributed by atoms with Gasteiger partial charge in [0.1, 0.15) is 0 Å². The van der Waals surface area contributed by atoms with Gasteiger partial charge in [0.05, 0.1) is 25.9 Å².